The van der Waals surface area contributed by atoms with Crippen molar-refractivity contribution in [1.82, 2.24) is 4.98 Å². The Morgan fingerprint density at radius 1 is 1.64 bits per heavy atom. The number of nitrogens with two attached hydrogens (primary N) is 1. The number of thiazole rings is 1. The van der Waals surface area contributed by atoms with Gasteiger partial charge in [-0.2, -0.15) is 0 Å². The first-order chi connectivity index (χ1) is 6.65. The number of aromatic nitrogens is 1. The molecule has 1 heterocycles. The summed E-state index contributed by atoms with van der Waals surface area (Å²) in [5, 5.41) is 12.0. The van der Waals surface area contributed by atoms with Gasteiger partial charge in [-0.25, -0.2) is 4.98 Å². The monoisotopic (exact) mass is 216 g/mol. The highest BCUT2D eigenvalue weighted by Gasteiger charge is 2.18. The Morgan fingerprint density at radius 2 is 2.36 bits per heavy atom. The average Bonchev–Trinajstić information content (AvgIpc) is 2.66. The molecule has 0 aliphatic rings. The van der Waals surface area contributed by atoms with Crippen LogP contribution in [0.25, 0.3) is 0 Å². The fourth-order valence-corrected chi connectivity index (χ4v) is 1.67. The van der Waals surface area contributed by atoms with Gasteiger partial charge in [0.1, 0.15) is 11.1 Å². The van der Waals surface area contributed by atoms with Gasteiger partial charge in [0.25, 0.3) is 0 Å². The summed E-state index contributed by atoms with van der Waals surface area (Å²) in [5.41, 5.74) is 5.57. The molecule has 14 heavy (non-hydrogen) atoms. The van der Waals surface area contributed by atoms with Crippen molar-refractivity contribution in [3.63, 3.8) is 0 Å². The van der Waals surface area contributed by atoms with Gasteiger partial charge in [0, 0.05) is 18.1 Å². The number of aliphatic hydroxyl groups is 1. The average molecular weight is 216 g/mol. The molecule has 0 fully saturated rings. The second-order valence-corrected chi connectivity index (χ2v) is 4.10. The van der Waals surface area contributed by atoms with E-state index in [4.69, 9.17) is 10.5 Å². The number of aliphatic hydroxyl groups excluding tert-OH is 1. The maximum Gasteiger partial charge on any atom is 0.123 e. The summed E-state index contributed by atoms with van der Waals surface area (Å²) in [6.45, 7) is 3.89. The highest BCUT2D eigenvalue weighted by atomic mass is 32.1. The van der Waals surface area contributed by atoms with Crippen LogP contribution in [-0.4, -0.2) is 28.8 Å². The minimum atomic E-state index is -0.496. The van der Waals surface area contributed by atoms with Gasteiger partial charge in [-0.3, -0.25) is 0 Å². The van der Waals surface area contributed by atoms with Crippen LogP contribution in [-0.2, 0) is 4.74 Å². The van der Waals surface area contributed by atoms with E-state index in [1.165, 1.54) is 11.3 Å². The Morgan fingerprint density at radius 3 is 2.79 bits per heavy atom. The number of hydrogen-bond donors (Lipinski definition) is 2. The summed E-state index contributed by atoms with van der Waals surface area (Å²) < 4.78 is 5.58. The first-order valence-corrected chi connectivity index (χ1v) is 5.46. The fourth-order valence-electron chi connectivity index (χ4n) is 0.981. The summed E-state index contributed by atoms with van der Waals surface area (Å²) in [5.74, 6) is 0. The summed E-state index contributed by atoms with van der Waals surface area (Å²) in [6.07, 6.45) is 0.787. The van der Waals surface area contributed by atoms with Crippen molar-refractivity contribution in [2.45, 2.75) is 32.2 Å². The summed E-state index contributed by atoms with van der Waals surface area (Å²) in [7, 11) is 0. The Balaban J connectivity index is 2.56. The van der Waals surface area contributed by atoms with E-state index in [-0.39, 0.29) is 12.2 Å². The zero-order valence-corrected chi connectivity index (χ0v) is 9.20. The predicted octanol–water partition coefficient (Wildman–Crippen LogP) is 0.929. The van der Waals surface area contributed by atoms with Crippen molar-refractivity contribution in [1.29, 1.82) is 0 Å². The first-order valence-electron chi connectivity index (χ1n) is 4.58. The molecule has 0 radical (unpaired) electrons. The van der Waals surface area contributed by atoms with E-state index in [1.807, 2.05) is 12.3 Å². The van der Waals surface area contributed by atoms with Gasteiger partial charge in [-0.1, -0.05) is 0 Å². The zero-order chi connectivity index (χ0) is 10.6. The maximum absolute atomic E-state index is 9.28. The summed E-state index contributed by atoms with van der Waals surface area (Å²) in [6, 6.07) is 0. The molecule has 0 saturated heterocycles. The van der Waals surface area contributed by atoms with Crippen LogP contribution in [0.15, 0.2) is 11.6 Å². The Hall–Kier alpha value is -0.490. The van der Waals surface area contributed by atoms with E-state index in [1.54, 1.807) is 13.1 Å². The van der Waals surface area contributed by atoms with Crippen LogP contribution in [0.1, 0.15) is 25.0 Å². The van der Waals surface area contributed by atoms with Crippen molar-refractivity contribution in [3.8, 4) is 0 Å². The zero-order valence-electron chi connectivity index (χ0n) is 8.38. The molecule has 3 atom stereocenters. The highest BCUT2D eigenvalue weighted by Crippen LogP contribution is 2.20. The van der Waals surface area contributed by atoms with Crippen LogP contribution in [0.3, 0.4) is 0 Å². The molecule has 0 aromatic carbocycles. The van der Waals surface area contributed by atoms with Crippen LogP contribution >= 0.6 is 11.3 Å². The van der Waals surface area contributed by atoms with Crippen molar-refractivity contribution in [2.75, 3.05) is 6.54 Å². The normalized spacial score (nSPS) is 17.7. The van der Waals surface area contributed by atoms with Gasteiger partial charge in [0.05, 0.1) is 12.2 Å². The molecule has 4 nitrogen and oxygen atoms in total. The molecule has 0 amide bonds. The van der Waals surface area contributed by atoms with E-state index in [2.05, 4.69) is 4.98 Å². The minimum absolute atomic E-state index is 0.209. The topological polar surface area (TPSA) is 68.4 Å². The van der Waals surface area contributed by atoms with Crippen LogP contribution in [0.4, 0.5) is 0 Å². The van der Waals surface area contributed by atoms with E-state index >= 15 is 0 Å². The molecule has 0 aliphatic carbocycles. The lowest BCUT2D eigenvalue weighted by Gasteiger charge is -2.21. The van der Waals surface area contributed by atoms with E-state index in [9.17, 15) is 5.11 Å². The molecule has 3 N–H and O–H groups in total. The van der Waals surface area contributed by atoms with Crippen molar-refractivity contribution < 1.29 is 9.84 Å². The summed E-state index contributed by atoms with van der Waals surface area (Å²) in [4.78, 5) is 4.13. The quantitative estimate of drug-likeness (QED) is 0.768. The largest absolute Gasteiger partial charge is 0.391 e. The van der Waals surface area contributed by atoms with Gasteiger partial charge in [-0.15, -0.1) is 11.3 Å². The SMILES string of the molecule is CC(O)C(C)OC(CN)c1nccs1. The number of hydrogen-bond acceptors (Lipinski definition) is 5. The molecular weight excluding hydrogens is 200 g/mol. The van der Waals surface area contributed by atoms with Crippen molar-refractivity contribution in [3.05, 3.63) is 16.6 Å². The lowest BCUT2D eigenvalue weighted by molar-refractivity contribution is -0.0592. The lowest BCUT2D eigenvalue weighted by atomic mass is 10.2. The van der Waals surface area contributed by atoms with Crippen LogP contribution in [0.2, 0.25) is 0 Å². The Bertz CT molecular complexity index is 251. The molecule has 0 spiro atoms. The Labute approximate surface area is 87.7 Å². The second-order valence-electron chi connectivity index (χ2n) is 3.18. The van der Waals surface area contributed by atoms with Gasteiger partial charge < -0.3 is 15.6 Å². The Kier molecular flexibility index (Phi) is 4.47. The van der Waals surface area contributed by atoms with Crippen LogP contribution in [0, 0.1) is 0 Å². The predicted molar refractivity (Wildman–Crippen MR) is 56.1 cm³/mol. The van der Waals surface area contributed by atoms with Gasteiger partial charge >= 0.3 is 0 Å². The van der Waals surface area contributed by atoms with Gasteiger partial charge in [-0.05, 0) is 13.8 Å². The standard InChI is InChI=1S/C9H16N2O2S/c1-6(12)7(2)13-8(5-10)9-11-3-4-14-9/h3-4,6-8,12H,5,10H2,1-2H3. The first kappa shape index (κ1) is 11.6. The molecule has 1 aromatic rings. The highest BCUT2D eigenvalue weighted by molar-refractivity contribution is 7.09. The molecule has 3 unspecified atom stereocenters. The molecule has 0 bridgehead atoms. The number of nitrogens with zero attached hydrogens (tertiary/aromatic N) is 1. The van der Waals surface area contributed by atoms with Gasteiger partial charge in [0.2, 0.25) is 0 Å². The molecule has 5 heteroatoms. The smallest absolute Gasteiger partial charge is 0.123 e. The molecule has 0 aliphatic heterocycles. The molecular formula is C9H16N2O2S. The van der Waals surface area contributed by atoms with Crippen LogP contribution < -0.4 is 5.73 Å². The van der Waals surface area contributed by atoms with Crippen molar-refractivity contribution in [2.24, 2.45) is 5.73 Å². The third-order valence-corrected chi connectivity index (χ3v) is 2.87. The minimum Gasteiger partial charge on any atom is -0.391 e. The lowest BCUT2D eigenvalue weighted by Crippen LogP contribution is -2.28. The molecule has 1 aromatic heterocycles. The molecule has 80 valence electrons. The second kappa shape index (κ2) is 5.41. The third kappa shape index (κ3) is 3.02. The van der Waals surface area contributed by atoms with E-state index in [0.717, 1.165) is 5.01 Å². The fraction of sp³-hybridized carbons (Fsp3) is 0.667. The van der Waals surface area contributed by atoms with Crippen molar-refractivity contribution >= 4 is 11.3 Å². The molecule has 0 saturated carbocycles. The number of ether oxygens (including phenoxy) is 1. The van der Waals surface area contributed by atoms with E-state index in [0.29, 0.717) is 6.54 Å². The van der Waals surface area contributed by atoms with E-state index < -0.39 is 6.10 Å². The third-order valence-electron chi connectivity index (χ3n) is 2.00. The maximum atomic E-state index is 9.28. The van der Waals surface area contributed by atoms with Crippen LogP contribution in [0.5, 0.6) is 0 Å². The summed E-state index contributed by atoms with van der Waals surface area (Å²) >= 11 is 1.51. The number of rotatable bonds is 5. The molecule has 1 rings (SSSR count). The van der Waals surface area contributed by atoms with Gasteiger partial charge in [0.15, 0.2) is 0 Å².